The van der Waals surface area contributed by atoms with Crippen molar-refractivity contribution in [2.75, 3.05) is 6.54 Å². The lowest BCUT2D eigenvalue weighted by Crippen LogP contribution is -2.41. The van der Waals surface area contributed by atoms with E-state index in [0.717, 1.165) is 25.5 Å². The highest BCUT2D eigenvalue weighted by atomic mass is 79.9. The van der Waals surface area contributed by atoms with Gasteiger partial charge >= 0.3 is 0 Å². The number of amides is 1. The van der Waals surface area contributed by atoms with Crippen LogP contribution in [0.4, 0.5) is 0 Å². The third-order valence-electron chi connectivity index (χ3n) is 5.80. The zero-order chi connectivity index (χ0) is 25.0. The summed E-state index contributed by atoms with van der Waals surface area (Å²) in [5, 5.41) is 3.40. The maximum Gasteiger partial charge on any atom is 0.243 e. The highest BCUT2D eigenvalue weighted by molar-refractivity contribution is 9.10. The van der Waals surface area contributed by atoms with E-state index in [1.807, 2.05) is 20.8 Å². The Balaban J connectivity index is 1.87. The number of halogens is 2. The molecule has 0 saturated heterocycles. The molecule has 3 aromatic rings. The van der Waals surface area contributed by atoms with Crippen molar-refractivity contribution in [1.82, 2.24) is 9.62 Å². The Bertz CT molecular complexity index is 1290. The van der Waals surface area contributed by atoms with Crippen LogP contribution < -0.4 is 5.32 Å². The molecule has 0 heterocycles. The van der Waals surface area contributed by atoms with Gasteiger partial charge in [-0.25, -0.2) is 8.42 Å². The van der Waals surface area contributed by atoms with Gasteiger partial charge < -0.3 is 5.32 Å². The second kappa shape index (κ2) is 11.0. The quantitative estimate of drug-likeness (QED) is 0.360. The normalized spacial score (nSPS) is 12.6. The average molecular weight is 564 g/mol. The molecule has 3 aromatic carbocycles. The number of rotatable bonds is 8. The summed E-state index contributed by atoms with van der Waals surface area (Å²) >= 11 is 9.63. The molecule has 0 fully saturated rings. The monoisotopic (exact) mass is 562 g/mol. The van der Waals surface area contributed by atoms with Crippen LogP contribution in [0.15, 0.2) is 70.0 Å². The molecule has 5 nitrogen and oxygen atoms in total. The highest BCUT2D eigenvalue weighted by Crippen LogP contribution is 2.25. The minimum absolute atomic E-state index is 0.0253. The lowest BCUT2D eigenvalue weighted by atomic mass is 9.96. The van der Waals surface area contributed by atoms with Crippen molar-refractivity contribution >= 4 is 43.5 Å². The van der Waals surface area contributed by atoms with E-state index in [-0.39, 0.29) is 24.0 Å². The molecule has 0 aliphatic rings. The summed E-state index contributed by atoms with van der Waals surface area (Å²) in [7, 11) is -3.96. The minimum Gasteiger partial charge on any atom is -0.348 e. The number of hydrogen-bond donors (Lipinski definition) is 1. The van der Waals surface area contributed by atoms with E-state index in [2.05, 4.69) is 40.3 Å². The molecule has 0 aliphatic heterocycles. The van der Waals surface area contributed by atoms with Gasteiger partial charge in [-0.2, -0.15) is 4.31 Å². The number of aryl methyl sites for hydroxylation is 3. The third-order valence-corrected chi connectivity index (χ3v) is 8.51. The predicted molar refractivity (Wildman–Crippen MR) is 140 cm³/mol. The molecule has 0 spiro atoms. The Morgan fingerprint density at radius 3 is 2.26 bits per heavy atom. The highest BCUT2D eigenvalue weighted by Gasteiger charge is 2.28. The molecule has 1 N–H and O–H groups in total. The molecule has 1 amide bonds. The zero-order valence-electron chi connectivity index (χ0n) is 19.6. The Morgan fingerprint density at radius 2 is 1.62 bits per heavy atom. The number of nitrogens with one attached hydrogen (secondary N) is 1. The fraction of sp³-hybridized carbons (Fsp3) is 0.269. The van der Waals surface area contributed by atoms with Crippen LogP contribution in [0.3, 0.4) is 0 Å². The summed E-state index contributed by atoms with van der Waals surface area (Å²) in [5.41, 5.74) is 5.03. The number of hydrogen-bond acceptors (Lipinski definition) is 3. The van der Waals surface area contributed by atoms with Crippen molar-refractivity contribution in [2.24, 2.45) is 0 Å². The van der Waals surface area contributed by atoms with E-state index in [1.54, 1.807) is 36.4 Å². The number of carbonyl (C=O) groups excluding carboxylic acids is 1. The largest absolute Gasteiger partial charge is 0.348 e. The number of nitrogens with zero attached hydrogens (tertiary/aromatic N) is 1. The first-order valence-corrected chi connectivity index (χ1v) is 13.5. The lowest BCUT2D eigenvalue weighted by Gasteiger charge is -2.24. The van der Waals surface area contributed by atoms with Gasteiger partial charge in [-0.05, 0) is 85.8 Å². The van der Waals surface area contributed by atoms with Crippen LogP contribution in [-0.4, -0.2) is 25.2 Å². The summed E-state index contributed by atoms with van der Waals surface area (Å²) in [6.45, 7) is 7.63. The molecule has 0 saturated carbocycles. The van der Waals surface area contributed by atoms with E-state index in [1.165, 1.54) is 17.7 Å². The summed E-state index contributed by atoms with van der Waals surface area (Å²) in [4.78, 5) is 13.2. The SMILES string of the molecule is Cc1cc(C)c([C@H](C)NC(=O)CN(Cc2ccccc2Cl)S(=O)(=O)c2ccc(Br)cc2)cc1C. The maximum absolute atomic E-state index is 13.5. The molecular weight excluding hydrogens is 536 g/mol. The number of benzene rings is 3. The second-order valence-electron chi connectivity index (χ2n) is 8.40. The molecule has 0 unspecified atom stereocenters. The molecule has 1 atom stereocenters. The molecule has 34 heavy (non-hydrogen) atoms. The summed E-state index contributed by atoms with van der Waals surface area (Å²) in [6.07, 6.45) is 0. The first-order chi connectivity index (χ1) is 16.0. The summed E-state index contributed by atoms with van der Waals surface area (Å²) in [6, 6.07) is 17.2. The van der Waals surface area contributed by atoms with Gasteiger partial charge in [0.15, 0.2) is 0 Å². The van der Waals surface area contributed by atoms with E-state index >= 15 is 0 Å². The van der Waals surface area contributed by atoms with Gasteiger partial charge in [-0.1, -0.05) is 57.9 Å². The van der Waals surface area contributed by atoms with Crippen LogP contribution in [0.25, 0.3) is 0 Å². The topological polar surface area (TPSA) is 66.5 Å². The van der Waals surface area contributed by atoms with Gasteiger partial charge in [0.2, 0.25) is 15.9 Å². The van der Waals surface area contributed by atoms with Gasteiger partial charge in [0.1, 0.15) is 0 Å². The molecular formula is C26H28BrClN2O3S. The molecule has 8 heteroatoms. The van der Waals surface area contributed by atoms with Crippen LogP contribution in [0.5, 0.6) is 0 Å². The van der Waals surface area contributed by atoms with Crippen LogP contribution >= 0.6 is 27.5 Å². The standard InChI is InChI=1S/C26H28BrClN2O3S/c1-17-13-19(3)24(14-18(17)2)20(4)29-26(31)16-30(15-21-7-5-6-8-25(21)28)34(32,33)23-11-9-22(27)10-12-23/h5-14,20H,15-16H2,1-4H3,(H,29,31)/t20-/m0/s1. The Kier molecular flexibility index (Phi) is 8.57. The van der Waals surface area contributed by atoms with Crippen molar-refractivity contribution in [3.63, 3.8) is 0 Å². The lowest BCUT2D eigenvalue weighted by molar-refractivity contribution is -0.122. The van der Waals surface area contributed by atoms with Crippen LogP contribution in [-0.2, 0) is 21.4 Å². The van der Waals surface area contributed by atoms with E-state index in [9.17, 15) is 13.2 Å². The van der Waals surface area contributed by atoms with Crippen LogP contribution in [0.2, 0.25) is 5.02 Å². The first kappa shape index (κ1) is 26.4. The van der Waals surface area contributed by atoms with Gasteiger partial charge in [0.25, 0.3) is 0 Å². The fourth-order valence-electron chi connectivity index (χ4n) is 3.77. The molecule has 3 rings (SSSR count). The summed E-state index contributed by atoms with van der Waals surface area (Å²) in [5.74, 6) is -0.391. The molecule has 0 aliphatic carbocycles. The Labute approximate surface area is 215 Å². The number of sulfonamides is 1. The first-order valence-electron chi connectivity index (χ1n) is 10.8. The van der Waals surface area contributed by atoms with E-state index in [0.29, 0.717) is 10.6 Å². The van der Waals surface area contributed by atoms with Crippen LogP contribution in [0.1, 0.15) is 40.8 Å². The van der Waals surface area contributed by atoms with Crippen molar-refractivity contribution in [3.05, 3.63) is 98.0 Å². The van der Waals surface area contributed by atoms with Crippen molar-refractivity contribution in [3.8, 4) is 0 Å². The smallest absolute Gasteiger partial charge is 0.243 e. The maximum atomic E-state index is 13.5. The van der Waals surface area contributed by atoms with Crippen molar-refractivity contribution in [2.45, 2.75) is 45.2 Å². The average Bonchev–Trinajstić information content (AvgIpc) is 2.77. The predicted octanol–water partition coefficient (Wildman–Crippen LogP) is 6.10. The van der Waals surface area contributed by atoms with Crippen LogP contribution in [0, 0.1) is 20.8 Å². The molecule has 180 valence electrons. The molecule has 0 radical (unpaired) electrons. The van der Waals surface area contributed by atoms with E-state index in [4.69, 9.17) is 11.6 Å². The fourth-order valence-corrected chi connectivity index (χ4v) is 5.61. The van der Waals surface area contributed by atoms with Gasteiger partial charge in [-0.3, -0.25) is 4.79 Å². The molecule has 0 aromatic heterocycles. The van der Waals surface area contributed by atoms with Crippen molar-refractivity contribution in [1.29, 1.82) is 0 Å². The minimum atomic E-state index is -3.96. The second-order valence-corrected chi connectivity index (χ2v) is 11.7. The van der Waals surface area contributed by atoms with Gasteiger partial charge in [0.05, 0.1) is 17.5 Å². The summed E-state index contributed by atoms with van der Waals surface area (Å²) < 4.78 is 28.9. The Morgan fingerprint density at radius 1 is 1.00 bits per heavy atom. The van der Waals surface area contributed by atoms with Gasteiger partial charge in [0, 0.05) is 16.0 Å². The van der Waals surface area contributed by atoms with Gasteiger partial charge in [-0.15, -0.1) is 0 Å². The zero-order valence-corrected chi connectivity index (χ0v) is 22.8. The van der Waals surface area contributed by atoms with E-state index < -0.39 is 15.9 Å². The molecule has 0 bridgehead atoms. The van der Waals surface area contributed by atoms with Crippen molar-refractivity contribution < 1.29 is 13.2 Å². The number of carbonyl (C=O) groups is 1. The Hall–Kier alpha value is -2.19. The third kappa shape index (κ3) is 6.27.